The van der Waals surface area contributed by atoms with Crippen LogP contribution in [0.1, 0.15) is 23.2 Å². The van der Waals surface area contributed by atoms with E-state index in [0.717, 1.165) is 57.0 Å². The van der Waals surface area contributed by atoms with Gasteiger partial charge in [0.2, 0.25) is 13.6 Å². The standard InChI is InChI=1S/C38H29NO4P2.C16H20N2O2.2ClH.Ru/c1-5-13-27(14-6-1)44(28-15-7-2-8-16-28)33-23-21-31-37(42-25-40-31)35(33)39-36-34(24-22-32-38(36)43-26-41-32)45(29-17-9-3-10-18-29)30-19-11-4-12-20-30;1-19-13-7-3-11(4-8-13)15(17)16(18)12-5-9-14(20-2)10-6-12;;;/h1-24,39H,25-26H2;3-10,15-16H,17-18H2,1-2H3;2*1H;/q;;;;+4. The van der Waals surface area contributed by atoms with Crippen LogP contribution in [0, 0.1) is 0 Å². The average molecular weight is 1070 g/mol. The number of anilines is 2. The van der Waals surface area contributed by atoms with E-state index in [0.29, 0.717) is 0 Å². The molecule has 0 amide bonds. The van der Waals surface area contributed by atoms with E-state index >= 15 is 0 Å². The molecule has 68 heavy (non-hydrogen) atoms. The molecule has 8 aromatic rings. The molecular formula is C54H51Cl2N3O6P2Ru+4. The van der Waals surface area contributed by atoms with Gasteiger partial charge in [-0.1, -0.05) is 97.1 Å². The van der Waals surface area contributed by atoms with Crippen molar-refractivity contribution in [1.82, 2.24) is 0 Å². The first-order valence-electron chi connectivity index (χ1n) is 21.6. The first-order chi connectivity index (χ1) is 33.4. The Morgan fingerprint density at radius 2 is 0.765 bits per heavy atom. The molecule has 0 saturated heterocycles. The van der Waals surface area contributed by atoms with Crippen molar-refractivity contribution in [3.05, 3.63) is 205 Å². The molecule has 14 heteroatoms. The van der Waals surface area contributed by atoms with Gasteiger partial charge in [0.1, 0.15) is 70.5 Å². The predicted molar refractivity (Wildman–Crippen MR) is 280 cm³/mol. The number of hydrogen-bond donors (Lipinski definition) is 3. The summed E-state index contributed by atoms with van der Waals surface area (Å²) in [5.41, 5.74) is 16.2. The predicted octanol–water partition coefficient (Wildman–Crippen LogP) is 9.65. The molecule has 8 aromatic carbocycles. The maximum atomic E-state index is 6.24. The summed E-state index contributed by atoms with van der Waals surface area (Å²) in [6.45, 7) is 0.351. The van der Waals surface area contributed by atoms with Gasteiger partial charge >= 0.3 is 34.5 Å². The van der Waals surface area contributed by atoms with Crippen LogP contribution in [0.15, 0.2) is 194 Å². The maximum Gasteiger partial charge on any atom is 0.231 e. The average Bonchev–Trinajstić information content (AvgIpc) is 4.10. The molecule has 0 spiro atoms. The number of fused-ring (bicyclic) bond motifs is 2. The molecule has 0 radical (unpaired) electrons. The van der Waals surface area contributed by atoms with Crippen LogP contribution in [0.3, 0.4) is 0 Å². The Bertz CT molecular complexity index is 2570. The molecule has 2 atom stereocenters. The zero-order valence-corrected chi connectivity index (χ0v) is 42.5. The number of halogens is 2. The summed E-state index contributed by atoms with van der Waals surface area (Å²) in [4.78, 5) is 0. The number of hydrogen-bond acceptors (Lipinski definition) is 9. The van der Waals surface area contributed by atoms with E-state index in [-0.39, 0.29) is 40.8 Å². The third-order valence-electron chi connectivity index (χ3n) is 11.5. The van der Waals surface area contributed by atoms with Gasteiger partial charge in [-0.25, -0.2) is 0 Å². The number of methoxy groups -OCH3 is 2. The van der Waals surface area contributed by atoms with E-state index in [9.17, 15) is 0 Å². The van der Waals surface area contributed by atoms with Gasteiger partial charge < -0.3 is 45.2 Å². The minimum Gasteiger partial charge on any atom is -0.454 e. The van der Waals surface area contributed by atoms with Gasteiger partial charge in [-0.2, -0.15) is 0 Å². The molecule has 0 fully saturated rings. The third kappa shape index (κ3) is 11.4. The van der Waals surface area contributed by atoms with Gasteiger partial charge in [0.05, 0.1) is 14.2 Å². The second-order valence-electron chi connectivity index (χ2n) is 15.4. The Kier molecular flexibility index (Phi) is 17.3. The van der Waals surface area contributed by atoms with Crippen molar-refractivity contribution in [2.45, 2.75) is 12.1 Å². The Hall–Kier alpha value is -5.66. The summed E-state index contributed by atoms with van der Waals surface area (Å²) in [6.07, 6.45) is 0. The van der Waals surface area contributed by atoms with Crippen molar-refractivity contribution in [3.8, 4) is 34.5 Å². The van der Waals surface area contributed by atoms with Gasteiger partial charge in [0, 0.05) is 12.1 Å². The number of ether oxygens (including phenoxy) is 6. The summed E-state index contributed by atoms with van der Waals surface area (Å²) in [6, 6.07) is 66.2. The van der Waals surface area contributed by atoms with Crippen LogP contribution in [0.4, 0.5) is 11.4 Å². The number of benzene rings is 8. The van der Waals surface area contributed by atoms with E-state index in [1.165, 1.54) is 31.8 Å². The monoisotopic (exact) mass is 1070 g/mol. The molecule has 0 saturated carbocycles. The topological polar surface area (TPSA) is 119 Å². The van der Waals surface area contributed by atoms with Crippen LogP contribution in [-0.4, -0.2) is 27.8 Å². The van der Waals surface area contributed by atoms with Gasteiger partial charge in [-0.3, -0.25) is 0 Å². The molecule has 2 aliphatic heterocycles. The minimum absolute atomic E-state index is 0.175. The van der Waals surface area contributed by atoms with E-state index in [1.54, 1.807) is 14.2 Å². The van der Waals surface area contributed by atoms with Gasteiger partial charge in [0.15, 0.2) is 23.0 Å². The summed E-state index contributed by atoms with van der Waals surface area (Å²) < 4.78 is 34.6. The van der Waals surface area contributed by atoms with Crippen molar-refractivity contribution >= 4 is 78.4 Å². The van der Waals surface area contributed by atoms with Crippen LogP contribution in [0.5, 0.6) is 34.5 Å². The van der Waals surface area contributed by atoms with Crippen LogP contribution in [0.2, 0.25) is 0 Å². The van der Waals surface area contributed by atoms with Gasteiger partial charge in [-0.05, 0) is 108 Å². The Labute approximate surface area is 415 Å². The summed E-state index contributed by atoms with van der Waals surface area (Å²) in [7, 11) is 10.1. The molecule has 346 valence electrons. The minimum atomic E-state index is -1.46. The van der Waals surface area contributed by atoms with Crippen LogP contribution < -0.4 is 77.0 Å². The van der Waals surface area contributed by atoms with E-state index in [4.69, 9.17) is 59.3 Å². The van der Waals surface area contributed by atoms with Crippen molar-refractivity contribution in [3.63, 3.8) is 0 Å². The van der Waals surface area contributed by atoms with Crippen molar-refractivity contribution in [2.24, 2.45) is 11.5 Å². The molecule has 5 N–H and O–H groups in total. The molecule has 0 aromatic heterocycles. The molecule has 2 heterocycles. The molecule has 0 bridgehead atoms. The largest absolute Gasteiger partial charge is 0.454 e. The summed E-state index contributed by atoms with van der Waals surface area (Å²) >= 11 is -0.346. The fraction of sp³-hybridized carbons (Fsp3) is 0.111. The van der Waals surface area contributed by atoms with E-state index in [2.05, 4.69) is 139 Å². The first-order valence-corrected chi connectivity index (χ1v) is 29.1. The smallest absolute Gasteiger partial charge is 0.231 e. The summed E-state index contributed by atoms with van der Waals surface area (Å²) in [5, 5.41) is 11.4. The zero-order valence-electron chi connectivity index (χ0n) is 37.3. The second-order valence-corrected chi connectivity index (χ2v) is 23.0. The Morgan fingerprint density at radius 1 is 0.456 bits per heavy atom. The first kappa shape index (κ1) is 48.8. The van der Waals surface area contributed by atoms with E-state index < -0.39 is 15.8 Å². The van der Waals surface area contributed by atoms with Crippen molar-refractivity contribution in [1.29, 1.82) is 0 Å². The van der Waals surface area contributed by atoms with Crippen LogP contribution in [-0.2, 0) is 15.1 Å². The fourth-order valence-corrected chi connectivity index (χ4v) is 13.5. The Morgan fingerprint density at radius 3 is 1.06 bits per heavy atom. The van der Waals surface area contributed by atoms with Crippen molar-refractivity contribution < 1.29 is 43.6 Å². The maximum absolute atomic E-state index is 6.24. The second kappa shape index (κ2) is 24.1. The molecular weight excluding hydrogens is 1020 g/mol. The van der Waals surface area contributed by atoms with Crippen molar-refractivity contribution in [2.75, 3.05) is 33.1 Å². The molecule has 2 aliphatic rings. The van der Waals surface area contributed by atoms with Gasteiger partial charge in [-0.15, -0.1) is 0 Å². The zero-order chi connectivity index (χ0) is 47.2. The quantitative estimate of drug-likeness (QED) is 0.0767. The normalized spacial score (nSPS) is 12.8. The third-order valence-corrected chi connectivity index (χ3v) is 17.1. The number of nitrogens with one attached hydrogen (secondary N) is 1. The van der Waals surface area contributed by atoms with E-state index in [1.807, 2.05) is 60.7 Å². The molecule has 9 nitrogen and oxygen atoms in total. The molecule has 0 aliphatic carbocycles. The number of rotatable bonds is 13. The summed E-state index contributed by atoms with van der Waals surface area (Å²) in [5.74, 6) is 4.51. The molecule has 2 unspecified atom stereocenters. The SMILES string of the molecule is COc1ccc(C(N)C(N)c2ccc(OC)cc2)cc1.[Cl][Ru+2][Cl].c1ccc([PH+](c2ccccc2)c2ccc3c(c2Nc2c([PH+](c4ccccc4)c4ccccc4)ccc4c2OCO4)OCO3)cc1. The Balaban J connectivity index is 0.000000227. The van der Waals surface area contributed by atoms with Crippen LogP contribution in [0.25, 0.3) is 0 Å². The van der Waals surface area contributed by atoms with Crippen LogP contribution >= 0.6 is 35.2 Å². The molecule has 10 rings (SSSR count). The van der Waals surface area contributed by atoms with Gasteiger partial charge in [0.25, 0.3) is 0 Å². The fourth-order valence-electron chi connectivity index (χ4n) is 8.18. The number of nitrogens with two attached hydrogens (primary N) is 2.